The van der Waals surface area contributed by atoms with E-state index >= 15 is 0 Å². The van der Waals surface area contributed by atoms with E-state index in [2.05, 4.69) is 16.1 Å². The fraction of sp³-hybridized carbons (Fsp3) is 0. The molecule has 0 atom stereocenters. The standard InChI is InChI=1S/C15H8F2N3O2.CO2/c16-9-4-5-13(10(17)7-9)20-14(15(21)22)8-12(19-20)11-3-1-2-6-18-11;2-1-3/h1-4,6-8H,(H,21,22);/q-1;. The summed E-state index contributed by atoms with van der Waals surface area (Å²) in [6, 6.07) is 10.2. The molecule has 0 radical (unpaired) electrons. The van der Waals surface area contributed by atoms with Crippen LogP contribution in [0.15, 0.2) is 42.6 Å². The number of hydrogen-bond acceptors (Lipinski definition) is 5. The van der Waals surface area contributed by atoms with Crippen LogP contribution in [0.25, 0.3) is 17.1 Å². The zero-order valence-corrected chi connectivity index (χ0v) is 12.3. The van der Waals surface area contributed by atoms with Crippen molar-refractivity contribution in [2.24, 2.45) is 0 Å². The van der Waals surface area contributed by atoms with Crippen molar-refractivity contribution in [1.29, 1.82) is 0 Å². The van der Waals surface area contributed by atoms with Crippen molar-refractivity contribution < 1.29 is 28.3 Å². The van der Waals surface area contributed by atoms with E-state index in [1.165, 1.54) is 12.3 Å². The second kappa shape index (κ2) is 7.71. The minimum atomic E-state index is -1.30. The van der Waals surface area contributed by atoms with Gasteiger partial charge in [-0.25, -0.2) is 9.48 Å². The lowest BCUT2D eigenvalue weighted by atomic mass is 10.2. The maximum Gasteiger partial charge on any atom is 0.373 e. The molecule has 0 unspecified atom stereocenters. The molecular weight excluding hydrogens is 336 g/mol. The van der Waals surface area contributed by atoms with Gasteiger partial charge in [0.05, 0.1) is 5.69 Å². The van der Waals surface area contributed by atoms with Crippen LogP contribution in [0.1, 0.15) is 10.5 Å². The van der Waals surface area contributed by atoms with E-state index in [1.54, 1.807) is 18.2 Å². The van der Waals surface area contributed by atoms with Gasteiger partial charge in [0.1, 0.15) is 11.4 Å². The molecule has 9 heteroatoms. The summed E-state index contributed by atoms with van der Waals surface area (Å²) in [5.41, 5.74) is 0.143. The van der Waals surface area contributed by atoms with Crippen LogP contribution in [0.2, 0.25) is 0 Å². The third-order valence-corrected chi connectivity index (χ3v) is 2.91. The van der Waals surface area contributed by atoms with Crippen molar-refractivity contribution in [2.75, 3.05) is 0 Å². The highest BCUT2D eigenvalue weighted by Gasteiger charge is 2.16. The Morgan fingerprint density at radius 1 is 1.20 bits per heavy atom. The molecule has 3 rings (SSSR count). The molecular formula is C16H8F2N3O4-. The average molecular weight is 344 g/mol. The number of aromatic nitrogens is 3. The van der Waals surface area contributed by atoms with Crippen LogP contribution in [-0.4, -0.2) is 32.0 Å². The number of nitrogens with zero attached hydrogens (tertiary/aromatic N) is 3. The van der Waals surface area contributed by atoms with E-state index in [-0.39, 0.29) is 23.2 Å². The van der Waals surface area contributed by atoms with Gasteiger partial charge in [0.2, 0.25) is 0 Å². The van der Waals surface area contributed by atoms with Crippen molar-refractivity contribution >= 4 is 12.1 Å². The second-order valence-electron chi connectivity index (χ2n) is 4.44. The summed E-state index contributed by atoms with van der Waals surface area (Å²) < 4.78 is 27.7. The Balaban J connectivity index is 0.000000701. The first-order valence-corrected chi connectivity index (χ1v) is 6.59. The van der Waals surface area contributed by atoms with Crippen molar-refractivity contribution in [3.63, 3.8) is 0 Å². The van der Waals surface area contributed by atoms with Gasteiger partial charge in [-0.3, -0.25) is 13.8 Å². The first kappa shape index (κ1) is 17.6. The van der Waals surface area contributed by atoms with Crippen LogP contribution in [0.5, 0.6) is 0 Å². The lowest BCUT2D eigenvalue weighted by Crippen LogP contribution is -2.09. The normalized spacial score (nSPS) is 9.68. The van der Waals surface area contributed by atoms with Crippen LogP contribution in [0.3, 0.4) is 0 Å². The highest BCUT2D eigenvalue weighted by atomic mass is 19.1. The van der Waals surface area contributed by atoms with Crippen LogP contribution in [0, 0.1) is 17.7 Å². The monoisotopic (exact) mass is 344 g/mol. The second-order valence-corrected chi connectivity index (χ2v) is 4.44. The van der Waals surface area contributed by atoms with Gasteiger partial charge >= 0.3 is 12.1 Å². The van der Waals surface area contributed by atoms with Crippen molar-refractivity contribution in [1.82, 2.24) is 14.8 Å². The molecule has 0 aliphatic carbocycles. The zero-order valence-electron chi connectivity index (χ0n) is 12.3. The molecule has 0 saturated heterocycles. The van der Waals surface area contributed by atoms with Gasteiger partial charge in [-0.1, -0.05) is 6.07 Å². The summed E-state index contributed by atoms with van der Waals surface area (Å²) in [4.78, 5) is 31.6. The molecule has 0 saturated carbocycles. The quantitative estimate of drug-likeness (QED) is 0.730. The number of carbonyl (C=O) groups excluding carboxylic acids is 2. The van der Waals surface area contributed by atoms with E-state index in [0.717, 1.165) is 10.7 Å². The number of carboxylic acids is 1. The highest BCUT2D eigenvalue weighted by Crippen LogP contribution is 2.21. The first-order chi connectivity index (χ1) is 12.0. The number of carbonyl (C=O) groups is 1. The molecule has 0 aliphatic heterocycles. The Kier molecular flexibility index (Phi) is 5.44. The molecule has 0 amide bonds. The summed E-state index contributed by atoms with van der Waals surface area (Å²) in [6.45, 7) is 0. The van der Waals surface area contributed by atoms with Crippen LogP contribution < -0.4 is 0 Å². The lowest BCUT2D eigenvalue weighted by molar-refractivity contribution is -0.191. The number of pyridine rings is 1. The van der Waals surface area contributed by atoms with E-state index in [1.807, 2.05) is 0 Å². The number of rotatable bonds is 3. The number of halogens is 2. The summed E-state index contributed by atoms with van der Waals surface area (Å²) in [7, 11) is 0. The Morgan fingerprint density at radius 3 is 2.48 bits per heavy atom. The van der Waals surface area contributed by atoms with Crippen molar-refractivity contribution in [2.45, 2.75) is 0 Å². The Bertz CT molecular complexity index is 936. The summed E-state index contributed by atoms with van der Waals surface area (Å²) in [5.74, 6) is -3.07. The number of aromatic carboxylic acids is 1. The molecule has 0 bridgehead atoms. The van der Waals surface area contributed by atoms with E-state index in [0.29, 0.717) is 11.8 Å². The largest absolute Gasteiger partial charge is 0.477 e. The van der Waals surface area contributed by atoms with E-state index in [4.69, 9.17) is 9.59 Å². The molecule has 126 valence electrons. The highest BCUT2D eigenvalue weighted by molar-refractivity contribution is 5.88. The Morgan fingerprint density at radius 2 is 1.92 bits per heavy atom. The fourth-order valence-electron chi connectivity index (χ4n) is 1.94. The number of hydrogen-bond donors (Lipinski definition) is 1. The molecule has 25 heavy (non-hydrogen) atoms. The van der Waals surface area contributed by atoms with Gasteiger partial charge < -0.3 is 5.11 Å². The van der Waals surface area contributed by atoms with Gasteiger partial charge in [-0.05, 0) is 17.8 Å². The SMILES string of the molecule is O=C(O)c1cc(-c2ccccn2)nn1-c1[c-]cc(F)cc1F.O=C=O. The zero-order chi connectivity index (χ0) is 18.4. The predicted molar refractivity (Wildman–Crippen MR) is 77.5 cm³/mol. The van der Waals surface area contributed by atoms with Crippen LogP contribution in [-0.2, 0) is 9.59 Å². The molecule has 0 aliphatic rings. The number of benzene rings is 1. The van der Waals surface area contributed by atoms with Gasteiger partial charge in [0.15, 0.2) is 0 Å². The molecule has 2 aromatic heterocycles. The summed E-state index contributed by atoms with van der Waals surface area (Å²) >= 11 is 0. The minimum Gasteiger partial charge on any atom is -0.477 e. The molecule has 1 N–H and O–H groups in total. The van der Waals surface area contributed by atoms with E-state index in [9.17, 15) is 18.7 Å². The molecule has 0 fully saturated rings. The third-order valence-electron chi connectivity index (χ3n) is 2.91. The average Bonchev–Trinajstić information content (AvgIpc) is 3.02. The third kappa shape index (κ3) is 3.98. The van der Waals surface area contributed by atoms with Gasteiger partial charge in [0, 0.05) is 23.9 Å². The Hall–Kier alpha value is -3.71. The summed E-state index contributed by atoms with van der Waals surface area (Å²) in [6.07, 6.45) is 1.78. The molecule has 2 heterocycles. The lowest BCUT2D eigenvalue weighted by Gasteiger charge is -2.12. The van der Waals surface area contributed by atoms with Crippen LogP contribution >= 0.6 is 0 Å². The van der Waals surface area contributed by atoms with Crippen LogP contribution in [0.4, 0.5) is 8.78 Å². The first-order valence-electron chi connectivity index (χ1n) is 6.59. The van der Waals surface area contributed by atoms with Gasteiger partial charge in [0.25, 0.3) is 0 Å². The van der Waals surface area contributed by atoms with Gasteiger partial charge in [-0.15, -0.1) is 12.1 Å². The maximum atomic E-state index is 13.9. The maximum absolute atomic E-state index is 13.9. The topological polar surface area (TPSA) is 102 Å². The minimum absolute atomic E-state index is 0.250. The molecule has 0 spiro atoms. The molecule has 7 nitrogen and oxygen atoms in total. The molecule has 3 aromatic rings. The van der Waals surface area contributed by atoms with E-state index < -0.39 is 17.6 Å². The molecule has 1 aromatic carbocycles. The smallest absolute Gasteiger partial charge is 0.373 e. The predicted octanol–water partition coefficient (Wildman–Crippen LogP) is 2.13. The summed E-state index contributed by atoms with van der Waals surface area (Å²) in [5, 5.41) is 13.3. The van der Waals surface area contributed by atoms with Gasteiger partial charge in [-0.2, -0.15) is 20.8 Å². The number of carboxylic acid groups (broad SMARTS) is 1. The fourth-order valence-corrected chi connectivity index (χ4v) is 1.94. The Labute approximate surface area is 139 Å². The van der Waals surface area contributed by atoms with Crippen molar-refractivity contribution in [3.05, 3.63) is 66.0 Å². The van der Waals surface area contributed by atoms with Crippen molar-refractivity contribution in [3.8, 4) is 17.1 Å².